The van der Waals surface area contributed by atoms with Crippen molar-refractivity contribution in [3.8, 4) is 0 Å². The predicted octanol–water partition coefficient (Wildman–Crippen LogP) is 1.03. The molecule has 0 saturated carbocycles. The van der Waals surface area contributed by atoms with Crippen LogP contribution in [0.25, 0.3) is 0 Å². The van der Waals surface area contributed by atoms with Crippen LogP contribution < -0.4 is 0 Å². The molecule has 2 nitrogen and oxygen atoms in total. The van der Waals surface area contributed by atoms with Gasteiger partial charge in [0.05, 0.1) is 6.61 Å². The van der Waals surface area contributed by atoms with Gasteiger partial charge in [0.15, 0.2) is 0 Å². The summed E-state index contributed by atoms with van der Waals surface area (Å²) in [4.78, 5) is 9.93. The van der Waals surface area contributed by atoms with E-state index in [1.54, 1.807) is 0 Å². The van der Waals surface area contributed by atoms with E-state index in [9.17, 15) is 9.90 Å². The highest BCUT2D eigenvalue weighted by Gasteiger charge is 2.02. The minimum absolute atomic E-state index is 0.236. The van der Waals surface area contributed by atoms with Crippen molar-refractivity contribution < 1.29 is 9.90 Å². The molecule has 0 bridgehead atoms. The Bertz CT molecular complexity index is 61.5. The molecule has 0 amide bonds. The average molecular weight is 115 g/mol. The molecule has 0 heterocycles. The smallest absolute Gasteiger partial charge is 0.125 e. The number of aldehydes is 1. The number of carbonyl (C=O) groups is 1. The van der Waals surface area contributed by atoms with Crippen molar-refractivity contribution >= 4 is 6.29 Å². The SMILES string of the molecule is CCCC(C=O)C[O]. The zero-order valence-corrected chi connectivity index (χ0v) is 5.09. The van der Waals surface area contributed by atoms with Crippen LogP contribution in [0.2, 0.25) is 0 Å². The zero-order valence-electron chi connectivity index (χ0n) is 5.09. The summed E-state index contributed by atoms with van der Waals surface area (Å²) < 4.78 is 0. The van der Waals surface area contributed by atoms with Crippen LogP contribution in [0.15, 0.2) is 0 Å². The molecule has 8 heavy (non-hydrogen) atoms. The molecule has 0 aromatic rings. The van der Waals surface area contributed by atoms with Crippen molar-refractivity contribution in [1.29, 1.82) is 0 Å². The number of carbonyl (C=O) groups excluding carboxylic acids is 1. The molecule has 2 heteroatoms. The van der Waals surface area contributed by atoms with Gasteiger partial charge in [-0.3, -0.25) is 0 Å². The van der Waals surface area contributed by atoms with Gasteiger partial charge in [-0.25, -0.2) is 5.11 Å². The fourth-order valence-electron chi connectivity index (χ4n) is 0.561. The van der Waals surface area contributed by atoms with Gasteiger partial charge in [-0.2, -0.15) is 0 Å². The van der Waals surface area contributed by atoms with Gasteiger partial charge >= 0.3 is 0 Å². The molecule has 0 rings (SSSR count). The van der Waals surface area contributed by atoms with Gasteiger partial charge in [0.25, 0.3) is 0 Å². The molecular formula is C6H11O2. The molecule has 0 fully saturated rings. The molecular weight excluding hydrogens is 104 g/mol. The summed E-state index contributed by atoms with van der Waals surface area (Å²) >= 11 is 0. The van der Waals surface area contributed by atoms with Crippen molar-refractivity contribution in [3.63, 3.8) is 0 Å². The molecule has 0 saturated heterocycles. The van der Waals surface area contributed by atoms with E-state index < -0.39 is 0 Å². The van der Waals surface area contributed by atoms with Crippen LogP contribution in [0.3, 0.4) is 0 Å². The summed E-state index contributed by atoms with van der Waals surface area (Å²) in [6, 6.07) is 0. The van der Waals surface area contributed by atoms with E-state index in [-0.39, 0.29) is 12.5 Å². The van der Waals surface area contributed by atoms with E-state index in [0.29, 0.717) is 0 Å². The molecule has 0 aliphatic heterocycles. The zero-order chi connectivity index (χ0) is 6.41. The largest absolute Gasteiger partial charge is 0.303 e. The minimum Gasteiger partial charge on any atom is -0.303 e. The highest BCUT2D eigenvalue weighted by atomic mass is 16.3. The van der Waals surface area contributed by atoms with Gasteiger partial charge in [-0.1, -0.05) is 13.3 Å². The first-order valence-corrected chi connectivity index (χ1v) is 2.88. The summed E-state index contributed by atoms with van der Waals surface area (Å²) in [7, 11) is 0. The van der Waals surface area contributed by atoms with Gasteiger partial charge in [-0.05, 0) is 6.42 Å². The second-order valence-electron chi connectivity index (χ2n) is 1.85. The molecule has 0 aromatic heterocycles. The van der Waals surface area contributed by atoms with Crippen LogP contribution in [0.1, 0.15) is 19.8 Å². The molecule has 0 aromatic carbocycles. The molecule has 1 atom stereocenters. The summed E-state index contributed by atoms with van der Waals surface area (Å²) in [6.45, 7) is 1.71. The summed E-state index contributed by atoms with van der Waals surface area (Å²) in [5.74, 6) is -0.236. The summed E-state index contributed by atoms with van der Waals surface area (Å²) in [5.41, 5.74) is 0. The molecule has 0 aliphatic carbocycles. The highest BCUT2D eigenvalue weighted by molar-refractivity contribution is 5.53. The van der Waals surface area contributed by atoms with Crippen molar-refractivity contribution in [2.45, 2.75) is 19.8 Å². The molecule has 0 aliphatic rings. The maximum atomic E-state index is 10.0. The first-order chi connectivity index (χ1) is 3.85. The standard InChI is InChI=1S/C6H11O2/c1-2-3-6(4-7)5-8/h4,6H,2-3,5H2,1H3. The van der Waals surface area contributed by atoms with Gasteiger partial charge in [0.2, 0.25) is 0 Å². The lowest BCUT2D eigenvalue weighted by Crippen LogP contribution is -2.04. The van der Waals surface area contributed by atoms with Crippen molar-refractivity contribution in [1.82, 2.24) is 0 Å². The van der Waals surface area contributed by atoms with Crippen molar-refractivity contribution in [2.75, 3.05) is 6.61 Å². The Morgan fingerprint density at radius 2 is 2.25 bits per heavy atom. The first-order valence-electron chi connectivity index (χ1n) is 2.88. The van der Waals surface area contributed by atoms with Crippen LogP contribution in [0.4, 0.5) is 0 Å². The van der Waals surface area contributed by atoms with E-state index in [0.717, 1.165) is 19.1 Å². The third kappa shape index (κ3) is 2.75. The van der Waals surface area contributed by atoms with Crippen LogP contribution in [0.5, 0.6) is 0 Å². The third-order valence-electron chi connectivity index (χ3n) is 1.07. The molecule has 1 unspecified atom stereocenters. The van der Waals surface area contributed by atoms with Gasteiger partial charge in [0.1, 0.15) is 6.29 Å². The Morgan fingerprint density at radius 1 is 1.62 bits per heavy atom. The van der Waals surface area contributed by atoms with E-state index in [1.807, 2.05) is 6.92 Å². The highest BCUT2D eigenvalue weighted by Crippen LogP contribution is 2.00. The third-order valence-corrected chi connectivity index (χ3v) is 1.07. The van der Waals surface area contributed by atoms with E-state index in [4.69, 9.17) is 0 Å². The van der Waals surface area contributed by atoms with E-state index >= 15 is 0 Å². The van der Waals surface area contributed by atoms with E-state index in [1.165, 1.54) is 0 Å². The topological polar surface area (TPSA) is 37.0 Å². The molecule has 0 spiro atoms. The van der Waals surface area contributed by atoms with Gasteiger partial charge in [-0.15, -0.1) is 0 Å². The van der Waals surface area contributed by atoms with E-state index in [2.05, 4.69) is 0 Å². The summed E-state index contributed by atoms with van der Waals surface area (Å²) in [5, 5.41) is 10.0. The van der Waals surface area contributed by atoms with Crippen molar-refractivity contribution in [3.05, 3.63) is 0 Å². The average Bonchev–Trinajstić information content (AvgIpc) is 1.83. The molecule has 0 N–H and O–H groups in total. The normalized spacial score (nSPS) is 13.2. The lowest BCUT2D eigenvalue weighted by atomic mass is 10.1. The Balaban J connectivity index is 3.21. The summed E-state index contributed by atoms with van der Waals surface area (Å²) in [6.07, 6.45) is 2.41. The fourth-order valence-corrected chi connectivity index (χ4v) is 0.561. The number of rotatable bonds is 4. The number of hydrogen-bond donors (Lipinski definition) is 0. The maximum absolute atomic E-state index is 10.0. The lowest BCUT2D eigenvalue weighted by Gasteiger charge is -1.98. The Kier molecular flexibility index (Phi) is 4.56. The lowest BCUT2D eigenvalue weighted by molar-refractivity contribution is -0.112. The first kappa shape index (κ1) is 7.63. The van der Waals surface area contributed by atoms with Crippen LogP contribution in [-0.4, -0.2) is 12.9 Å². The fraction of sp³-hybridized carbons (Fsp3) is 0.833. The molecule has 47 valence electrons. The van der Waals surface area contributed by atoms with Crippen LogP contribution >= 0.6 is 0 Å². The second-order valence-corrected chi connectivity index (χ2v) is 1.85. The van der Waals surface area contributed by atoms with Crippen LogP contribution in [0, 0.1) is 5.92 Å². The van der Waals surface area contributed by atoms with Crippen LogP contribution in [-0.2, 0) is 9.90 Å². The van der Waals surface area contributed by atoms with Crippen molar-refractivity contribution in [2.24, 2.45) is 5.92 Å². The monoisotopic (exact) mass is 115 g/mol. The Morgan fingerprint density at radius 3 is 2.38 bits per heavy atom. The minimum atomic E-state index is -0.253. The maximum Gasteiger partial charge on any atom is 0.125 e. The van der Waals surface area contributed by atoms with Gasteiger partial charge < -0.3 is 4.79 Å². The second kappa shape index (κ2) is 4.78. The Hall–Kier alpha value is -0.370. The predicted molar refractivity (Wildman–Crippen MR) is 30.0 cm³/mol. The van der Waals surface area contributed by atoms with Gasteiger partial charge in [0, 0.05) is 5.92 Å². The Labute approximate surface area is 49.5 Å². The number of hydrogen-bond acceptors (Lipinski definition) is 1. The quantitative estimate of drug-likeness (QED) is 0.504. The molecule has 1 radical (unpaired) electrons.